The number of benzene rings is 1. The van der Waals surface area contributed by atoms with Gasteiger partial charge in [0.1, 0.15) is 0 Å². The fraction of sp³-hybridized carbons (Fsp3) is 0.438. The molecule has 0 amide bonds. The smallest absolute Gasteiger partial charge is 0.243 e. The van der Waals surface area contributed by atoms with Gasteiger partial charge in [-0.05, 0) is 50.4 Å². The molecule has 2 atom stereocenters. The first-order valence-electron chi connectivity index (χ1n) is 7.58. The highest BCUT2D eigenvalue weighted by Gasteiger charge is 2.34. The maximum absolute atomic E-state index is 13.1. The normalized spacial score (nSPS) is 22.2. The van der Waals surface area contributed by atoms with Gasteiger partial charge in [0.2, 0.25) is 10.0 Å². The van der Waals surface area contributed by atoms with Crippen molar-refractivity contribution >= 4 is 45.6 Å². The lowest BCUT2D eigenvalue weighted by Crippen LogP contribution is -2.45. The van der Waals surface area contributed by atoms with Crippen molar-refractivity contribution in [2.24, 2.45) is 0 Å². The summed E-state index contributed by atoms with van der Waals surface area (Å²) in [5.41, 5.74) is 0. The van der Waals surface area contributed by atoms with Gasteiger partial charge in [-0.1, -0.05) is 6.07 Å². The molecule has 1 aliphatic heterocycles. The zero-order valence-electron chi connectivity index (χ0n) is 13.7. The molecule has 5 nitrogen and oxygen atoms in total. The first kappa shape index (κ1) is 21.1. The van der Waals surface area contributed by atoms with E-state index in [1.807, 2.05) is 26.0 Å². The molecule has 1 N–H and O–H groups in total. The van der Waals surface area contributed by atoms with Crippen LogP contribution in [0.1, 0.15) is 20.3 Å². The van der Waals surface area contributed by atoms with Gasteiger partial charge in [0.25, 0.3) is 0 Å². The molecule has 8 heteroatoms. The summed E-state index contributed by atoms with van der Waals surface area (Å²) in [5, 5.41) is 5.13. The molecule has 2 heterocycles. The molecular weight excluding hydrogens is 369 g/mol. The Labute approximate surface area is 155 Å². The predicted molar refractivity (Wildman–Crippen MR) is 102 cm³/mol. The molecule has 0 saturated carbocycles. The Hall–Kier alpha value is -0.920. The van der Waals surface area contributed by atoms with Crippen molar-refractivity contribution in [1.82, 2.24) is 14.6 Å². The Bertz CT molecular complexity index is 774. The van der Waals surface area contributed by atoms with Crippen LogP contribution in [0, 0.1) is 0 Å². The minimum atomic E-state index is -3.50. The van der Waals surface area contributed by atoms with E-state index in [4.69, 9.17) is 0 Å². The summed E-state index contributed by atoms with van der Waals surface area (Å²) >= 11 is 0. The van der Waals surface area contributed by atoms with Crippen molar-refractivity contribution < 1.29 is 8.42 Å². The lowest BCUT2D eigenvalue weighted by molar-refractivity contribution is 0.286. The van der Waals surface area contributed by atoms with Crippen LogP contribution in [0.15, 0.2) is 41.6 Å². The minimum Gasteiger partial charge on any atom is -0.315 e. The lowest BCUT2D eigenvalue weighted by Gasteiger charge is -2.31. The fourth-order valence-corrected chi connectivity index (χ4v) is 4.98. The maximum Gasteiger partial charge on any atom is 0.243 e. The number of nitrogens with one attached hydrogen (secondary N) is 1. The van der Waals surface area contributed by atoms with E-state index in [0.717, 1.165) is 23.7 Å². The van der Waals surface area contributed by atoms with Gasteiger partial charge in [-0.3, -0.25) is 4.98 Å². The first-order chi connectivity index (χ1) is 10.5. The topological polar surface area (TPSA) is 62.3 Å². The van der Waals surface area contributed by atoms with Gasteiger partial charge >= 0.3 is 0 Å². The number of pyridine rings is 1. The largest absolute Gasteiger partial charge is 0.315 e. The zero-order valence-corrected chi connectivity index (χ0v) is 16.1. The summed E-state index contributed by atoms with van der Waals surface area (Å²) in [4.78, 5) is 4.42. The Balaban J connectivity index is 0.00000144. The van der Waals surface area contributed by atoms with Crippen LogP contribution >= 0.6 is 24.8 Å². The van der Waals surface area contributed by atoms with E-state index in [2.05, 4.69) is 10.3 Å². The molecule has 2 aromatic rings. The molecule has 0 spiro atoms. The Morgan fingerprint density at radius 2 is 1.88 bits per heavy atom. The second-order valence-electron chi connectivity index (χ2n) is 5.91. The summed E-state index contributed by atoms with van der Waals surface area (Å²) in [6.45, 7) is 5.46. The summed E-state index contributed by atoms with van der Waals surface area (Å²) in [7, 11) is -3.50. The molecule has 0 bridgehead atoms. The highest BCUT2D eigenvalue weighted by Crippen LogP contribution is 2.26. The van der Waals surface area contributed by atoms with Crippen LogP contribution < -0.4 is 5.32 Å². The second-order valence-corrected chi connectivity index (χ2v) is 7.75. The number of rotatable bonds is 2. The average Bonchev–Trinajstić information content (AvgIpc) is 2.67. The monoisotopic (exact) mass is 391 g/mol. The molecule has 0 radical (unpaired) electrons. The third kappa shape index (κ3) is 4.00. The standard InChI is InChI=1S/C16H21N3O2S.2ClH/c1-12-5-7-17-10-13(2)19(12)22(20,21)16-4-3-15-11-18-8-6-14(15)9-16;;/h3-4,6,8-9,11-13,17H,5,7,10H2,1-2H3;2*1H. The molecule has 134 valence electrons. The Morgan fingerprint density at radius 3 is 2.62 bits per heavy atom. The quantitative estimate of drug-likeness (QED) is 0.854. The van der Waals surface area contributed by atoms with Gasteiger partial charge in [-0.25, -0.2) is 8.42 Å². The molecule has 0 aliphatic carbocycles. The van der Waals surface area contributed by atoms with Gasteiger partial charge in [-0.2, -0.15) is 4.31 Å². The number of halogens is 2. The molecule has 1 aromatic heterocycles. The van der Waals surface area contributed by atoms with E-state index in [1.54, 1.807) is 28.8 Å². The van der Waals surface area contributed by atoms with Gasteiger partial charge in [0, 0.05) is 36.4 Å². The summed E-state index contributed by atoms with van der Waals surface area (Å²) < 4.78 is 27.8. The Kier molecular flexibility index (Phi) is 7.44. The van der Waals surface area contributed by atoms with Crippen LogP contribution in [0.2, 0.25) is 0 Å². The van der Waals surface area contributed by atoms with E-state index in [9.17, 15) is 8.42 Å². The molecular formula is C16H23Cl2N3O2S. The van der Waals surface area contributed by atoms with Gasteiger partial charge in [0.05, 0.1) is 4.90 Å². The number of nitrogens with zero attached hydrogens (tertiary/aromatic N) is 2. The number of aromatic nitrogens is 1. The molecule has 3 rings (SSSR count). The van der Waals surface area contributed by atoms with Crippen LogP contribution in [-0.4, -0.2) is 42.9 Å². The van der Waals surface area contributed by atoms with Crippen LogP contribution in [0.25, 0.3) is 10.8 Å². The molecule has 1 aliphatic rings. The fourth-order valence-electron chi connectivity index (χ4n) is 3.09. The number of fused-ring (bicyclic) bond motifs is 1. The van der Waals surface area contributed by atoms with Crippen molar-refractivity contribution in [3.8, 4) is 0 Å². The van der Waals surface area contributed by atoms with Crippen molar-refractivity contribution in [3.63, 3.8) is 0 Å². The number of hydrogen-bond acceptors (Lipinski definition) is 4. The predicted octanol–water partition coefficient (Wildman–Crippen LogP) is 2.84. The summed E-state index contributed by atoms with van der Waals surface area (Å²) in [5.74, 6) is 0. The van der Waals surface area contributed by atoms with Crippen molar-refractivity contribution in [3.05, 3.63) is 36.7 Å². The van der Waals surface area contributed by atoms with Crippen LogP contribution in [0.5, 0.6) is 0 Å². The molecule has 1 aromatic carbocycles. The van der Waals surface area contributed by atoms with E-state index >= 15 is 0 Å². The van der Waals surface area contributed by atoms with Crippen LogP contribution in [-0.2, 0) is 10.0 Å². The highest BCUT2D eigenvalue weighted by molar-refractivity contribution is 7.89. The maximum atomic E-state index is 13.1. The van der Waals surface area contributed by atoms with E-state index < -0.39 is 10.0 Å². The van der Waals surface area contributed by atoms with E-state index in [-0.39, 0.29) is 36.9 Å². The SMILES string of the molecule is CC1CCNCC(C)N1S(=O)(=O)c1ccc2cnccc2c1.Cl.Cl. The summed E-state index contributed by atoms with van der Waals surface area (Å²) in [6.07, 6.45) is 4.24. The van der Waals surface area contributed by atoms with Crippen LogP contribution in [0.3, 0.4) is 0 Å². The van der Waals surface area contributed by atoms with E-state index in [0.29, 0.717) is 11.4 Å². The second kappa shape index (κ2) is 8.45. The average molecular weight is 392 g/mol. The number of sulfonamides is 1. The summed E-state index contributed by atoms with van der Waals surface area (Å²) in [6, 6.07) is 7.01. The van der Waals surface area contributed by atoms with Gasteiger partial charge in [0.15, 0.2) is 0 Å². The third-order valence-electron chi connectivity index (χ3n) is 4.23. The minimum absolute atomic E-state index is 0. The zero-order chi connectivity index (χ0) is 15.7. The number of hydrogen-bond donors (Lipinski definition) is 1. The molecule has 2 unspecified atom stereocenters. The molecule has 24 heavy (non-hydrogen) atoms. The van der Waals surface area contributed by atoms with E-state index in [1.165, 1.54) is 0 Å². The van der Waals surface area contributed by atoms with Gasteiger partial charge < -0.3 is 5.32 Å². The molecule has 1 fully saturated rings. The Morgan fingerprint density at radius 1 is 1.12 bits per heavy atom. The molecule has 1 saturated heterocycles. The third-order valence-corrected chi connectivity index (χ3v) is 6.36. The highest BCUT2D eigenvalue weighted by atomic mass is 35.5. The lowest BCUT2D eigenvalue weighted by atomic mass is 10.2. The first-order valence-corrected chi connectivity index (χ1v) is 9.02. The van der Waals surface area contributed by atoms with Crippen molar-refractivity contribution in [1.29, 1.82) is 0 Å². The van der Waals surface area contributed by atoms with Crippen molar-refractivity contribution in [2.75, 3.05) is 13.1 Å². The van der Waals surface area contributed by atoms with Gasteiger partial charge in [-0.15, -0.1) is 24.8 Å². The van der Waals surface area contributed by atoms with Crippen molar-refractivity contribution in [2.45, 2.75) is 37.2 Å². The van der Waals surface area contributed by atoms with Crippen LogP contribution in [0.4, 0.5) is 0 Å².